The van der Waals surface area contributed by atoms with Gasteiger partial charge in [0.05, 0.1) is 12.9 Å². The quantitative estimate of drug-likeness (QED) is 0.758. The molecular formula is C16H15FO2S. The molecule has 104 valence electrons. The first kappa shape index (κ1) is 14.6. The Kier molecular flexibility index (Phi) is 5.18. The predicted octanol–water partition coefficient (Wildman–Crippen LogP) is 3.74. The molecule has 0 bridgehead atoms. The second-order valence-electron chi connectivity index (χ2n) is 4.25. The molecule has 20 heavy (non-hydrogen) atoms. The normalized spacial score (nSPS) is 10.3. The number of halogens is 1. The lowest BCUT2D eigenvalue weighted by molar-refractivity contribution is -0.116. The van der Waals surface area contributed by atoms with E-state index in [1.54, 1.807) is 25.3 Å². The summed E-state index contributed by atoms with van der Waals surface area (Å²) in [6, 6.07) is 13.9. The summed E-state index contributed by atoms with van der Waals surface area (Å²) in [5.74, 6) is 0.709. The van der Waals surface area contributed by atoms with Gasteiger partial charge in [-0.3, -0.25) is 4.79 Å². The van der Waals surface area contributed by atoms with E-state index in [-0.39, 0.29) is 17.4 Å². The van der Waals surface area contributed by atoms with Crippen LogP contribution in [0.15, 0.2) is 53.4 Å². The molecule has 0 aliphatic carbocycles. The lowest BCUT2D eigenvalue weighted by Crippen LogP contribution is -2.07. The van der Waals surface area contributed by atoms with Crippen LogP contribution in [0.25, 0.3) is 0 Å². The van der Waals surface area contributed by atoms with Crippen molar-refractivity contribution < 1.29 is 13.9 Å². The highest BCUT2D eigenvalue weighted by Crippen LogP contribution is 2.23. The van der Waals surface area contributed by atoms with E-state index in [0.717, 1.165) is 5.56 Å². The molecule has 2 aromatic rings. The molecule has 0 aliphatic heterocycles. The van der Waals surface area contributed by atoms with Crippen molar-refractivity contribution in [1.82, 2.24) is 0 Å². The van der Waals surface area contributed by atoms with E-state index in [4.69, 9.17) is 4.74 Å². The maximum Gasteiger partial charge on any atom is 0.147 e. The average molecular weight is 290 g/mol. The maximum atomic E-state index is 13.4. The van der Waals surface area contributed by atoms with E-state index in [1.165, 1.54) is 17.8 Å². The van der Waals surface area contributed by atoms with Crippen LogP contribution in [-0.4, -0.2) is 18.6 Å². The molecule has 0 unspecified atom stereocenters. The number of Topliss-reactive ketones (excluding diaryl/α,β-unsaturated/α-hetero) is 1. The van der Waals surface area contributed by atoms with Crippen LogP contribution in [0.2, 0.25) is 0 Å². The second kappa shape index (κ2) is 7.10. The van der Waals surface area contributed by atoms with Crippen molar-refractivity contribution in [3.63, 3.8) is 0 Å². The highest BCUT2D eigenvalue weighted by Gasteiger charge is 2.10. The highest BCUT2D eigenvalue weighted by atomic mass is 32.2. The van der Waals surface area contributed by atoms with E-state index >= 15 is 0 Å². The Morgan fingerprint density at radius 1 is 1.15 bits per heavy atom. The largest absolute Gasteiger partial charge is 0.496 e. The number of ketones is 1. The Hall–Kier alpha value is -1.81. The number of ether oxygens (including phenoxy) is 1. The smallest absolute Gasteiger partial charge is 0.147 e. The molecular weight excluding hydrogens is 275 g/mol. The number of carbonyl (C=O) groups is 1. The van der Waals surface area contributed by atoms with Gasteiger partial charge in [0.25, 0.3) is 0 Å². The zero-order valence-corrected chi connectivity index (χ0v) is 12.0. The molecule has 0 heterocycles. The molecule has 2 aromatic carbocycles. The molecule has 2 rings (SSSR count). The number of hydrogen-bond donors (Lipinski definition) is 0. The third-order valence-corrected chi connectivity index (χ3v) is 3.91. The Balaban J connectivity index is 1.95. The van der Waals surface area contributed by atoms with Crippen molar-refractivity contribution in [3.05, 3.63) is 59.9 Å². The first-order valence-electron chi connectivity index (χ1n) is 6.21. The van der Waals surface area contributed by atoms with Crippen LogP contribution in [-0.2, 0) is 11.2 Å². The summed E-state index contributed by atoms with van der Waals surface area (Å²) in [5.41, 5.74) is 0.856. The third-order valence-electron chi connectivity index (χ3n) is 2.81. The minimum atomic E-state index is -0.289. The van der Waals surface area contributed by atoms with Crippen LogP contribution in [0.3, 0.4) is 0 Å². The van der Waals surface area contributed by atoms with E-state index in [0.29, 0.717) is 17.1 Å². The fourth-order valence-corrected chi connectivity index (χ4v) is 2.63. The van der Waals surface area contributed by atoms with Crippen LogP contribution in [0.4, 0.5) is 4.39 Å². The molecule has 0 saturated heterocycles. The van der Waals surface area contributed by atoms with Crippen molar-refractivity contribution in [1.29, 1.82) is 0 Å². The van der Waals surface area contributed by atoms with Gasteiger partial charge in [-0.1, -0.05) is 30.3 Å². The Morgan fingerprint density at radius 3 is 2.60 bits per heavy atom. The van der Waals surface area contributed by atoms with E-state index in [1.807, 2.05) is 24.3 Å². The molecule has 0 N–H and O–H groups in total. The SMILES string of the molecule is COc1ccccc1CC(=O)CSc1ccccc1F. The zero-order chi connectivity index (χ0) is 14.4. The molecule has 0 saturated carbocycles. The van der Waals surface area contributed by atoms with Crippen molar-refractivity contribution in [2.75, 3.05) is 12.9 Å². The maximum absolute atomic E-state index is 13.4. The first-order valence-corrected chi connectivity index (χ1v) is 7.20. The van der Waals surface area contributed by atoms with Gasteiger partial charge in [-0.2, -0.15) is 0 Å². The number of thioether (sulfide) groups is 1. The molecule has 0 fully saturated rings. The van der Waals surface area contributed by atoms with Crippen LogP contribution in [0.1, 0.15) is 5.56 Å². The predicted molar refractivity (Wildman–Crippen MR) is 78.8 cm³/mol. The second-order valence-corrected chi connectivity index (χ2v) is 5.26. The molecule has 0 aliphatic rings. The summed E-state index contributed by atoms with van der Waals surface area (Å²) in [6.07, 6.45) is 0.297. The zero-order valence-electron chi connectivity index (χ0n) is 11.1. The fourth-order valence-electron chi connectivity index (χ4n) is 1.83. The highest BCUT2D eigenvalue weighted by molar-refractivity contribution is 8.00. The summed E-state index contributed by atoms with van der Waals surface area (Å²) in [5, 5.41) is 0. The molecule has 0 radical (unpaired) electrons. The minimum Gasteiger partial charge on any atom is -0.496 e. The van der Waals surface area contributed by atoms with Crippen LogP contribution in [0.5, 0.6) is 5.75 Å². The van der Waals surface area contributed by atoms with Gasteiger partial charge in [-0.25, -0.2) is 4.39 Å². The van der Waals surface area contributed by atoms with E-state index in [2.05, 4.69) is 0 Å². The molecule has 4 heteroatoms. The van der Waals surface area contributed by atoms with Crippen LogP contribution >= 0.6 is 11.8 Å². The number of rotatable bonds is 6. The molecule has 0 atom stereocenters. The topological polar surface area (TPSA) is 26.3 Å². The van der Waals surface area contributed by atoms with Crippen molar-refractivity contribution >= 4 is 17.5 Å². The van der Waals surface area contributed by atoms with E-state index < -0.39 is 0 Å². The summed E-state index contributed by atoms with van der Waals surface area (Å²) >= 11 is 1.22. The summed E-state index contributed by atoms with van der Waals surface area (Å²) in [7, 11) is 1.58. The van der Waals surface area contributed by atoms with Crippen molar-refractivity contribution in [2.24, 2.45) is 0 Å². The summed E-state index contributed by atoms with van der Waals surface area (Å²) < 4.78 is 18.6. The van der Waals surface area contributed by atoms with Crippen LogP contribution < -0.4 is 4.74 Å². The third kappa shape index (κ3) is 3.84. The fraction of sp³-hybridized carbons (Fsp3) is 0.188. The van der Waals surface area contributed by atoms with Gasteiger partial charge in [0.15, 0.2) is 0 Å². The average Bonchev–Trinajstić information content (AvgIpc) is 2.47. The minimum absolute atomic E-state index is 0.0442. The lowest BCUT2D eigenvalue weighted by Gasteiger charge is -2.07. The van der Waals surface area contributed by atoms with E-state index in [9.17, 15) is 9.18 Å². The van der Waals surface area contributed by atoms with Crippen molar-refractivity contribution in [2.45, 2.75) is 11.3 Å². The Morgan fingerprint density at radius 2 is 1.85 bits per heavy atom. The van der Waals surface area contributed by atoms with Gasteiger partial charge in [-0.05, 0) is 18.2 Å². The van der Waals surface area contributed by atoms with Gasteiger partial charge in [0.2, 0.25) is 0 Å². The Labute approximate surface area is 122 Å². The monoisotopic (exact) mass is 290 g/mol. The number of benzene rings is 2. The van der Waals surface area contributed by atoms with Gasteiger partial charge in [-0.15, -0.1) is 11.8 Å². The lowest BCUT2D eigenvalue weighted by atomic mass is 10.1. The van der Waals surface area contributed by atoms with Gasteiger partial charge in [0, 0.05) is 16.9 Å². The number of methoxy groups -OCH3 is 1. The molecule has 2 nitrogen and oxygen atoms in total. The number of para-hydroxylation sites is 1. The molecule has 0 spiro atoms. The number of hydrogen-bond acceptors (Lipinski definition) is 3. The standard InChI is InChI=1S/C16H15FO2S/c1-19-15-8-4-2-6-12(15)10-13(18)11-20-16-9-5-3-7-14(16)17/h2-9H,10-11H2,1H3. The first-order chi connectivity index (χ1) is 9.70. The van der Waals surface area contributed by atoms with Gasteiger partial charge < -0.3 is 4.74 Å². The van der Waals surface area contributed by atoms with Crippen molar-refractivity contribution in [3.8, 4) is 5.75 Å². The molecule has 0 aromatic heterocycles. The Bertz CT molecular complexity index is 599. The summed E-state index contributed by atoms with van der Waals surface area (Å²) in [6.45, 7) is 0. The summed E-state index contributed by atoms with van der Waals surface area (Å²) in [4.78, 5) is 12.5. The number of carbonyl (C=O) groups excluding carboxylic acids is 1. The van der Waals surface area contributed by atoms with Gasteiger partial charge in [0.1, 0.15) is 17.3 Å². The van der Waals surface area contributed by atoms with Crippen LogP contribution in [0, 0.1) is 5.82 Å². The van der Waals surface area contributed by atoms with Gasteiger partial charge >= 0.3 is 0 Å². The molecule has 0 amide bonds.